The van der Waals surface area contributed by atoms with Crippen LogP contribution >= 0.6 is 11.3 Å². The van der Waals surface area contributed by atoms with Gasteiger partial charge in [-0.3, -0.25) is 9.78 Å². The van der Waals surface area contributed by atoms with Crippen molar-refractivity contribution in [2.24, 2.45) is 0 Å². The second-order valence-corrected chi connectivity index (χ2v) is 6.28. The van der Waals surface area contributed by atoms with Crippen molar-refractivity contribution >= 4 is 27.3 Å². The van der Waals surface area contributed by atoms with E-state index in [0.29, 0.717) is 6.61 Å². The molecule has 0 fully saturated rings. The van der Waals surface area contributed by atoms with Crippen molar-refractivity contribution in [1.82, 2.24) is 10.3 Å². The lowest BCUT2D eigenvalue weighted by Crippen LogP contribution is -2.32. The lowest BCUT2D eigenvalue weighted by atomic mass is 10.1. The van der Waals surface area contributed by atoms with Crippen molar-refractivity contribution in [2.75, 3.05) is 6.61 Å². The van der Waals surface area contributed by atoms with E-state index in [2.05, 4.69) is 10.3 Å². The molecule has 0 radical (unpaired) electrons. The van der Waals surface area contributed by atoms with Crippen molar-refractivity contribution < 1.29 is 9.53 Å². The summed E-state index contributed by atoms with van der Waals surface area (Å²) in [4.78, 5) is 17.6. The summed E-state index contributed by atoms with van der Waals surface area (Å²) in [6, 6.07) is 13.6. The number of amides is 1. The van der Waals surface area contributed by atoms with Crippen LogP contribution in [-0.4, -0.2) is 17.5 Å². The smallest absolute Gasteiger partial charge is 0.261 e. The highest BCUT2D eigenvalue weighted by Crippen LogP contribution is 2.31. The third kappa shape index (κ3) is 2.33. The quantitative estimate of drug-likeness (QED) is 0.787. The number of ether oxygens (including phenoxy) is 1. The van der Waals surface area contributed by atoms with E-state index in [4.69, 9.17) is 4.74 Å². The maximum Gasteiger partial charge on any atom is 0.261 e. The van der Waals surface area contributed by atoms with Gasteiger partial charge in [-0.1, -0.05) is 18.2 Å². The molecule has 1 N–H and O–H groups in total. The Kier molecular flexibility index (Phi) is 3.27. The second kappa shape index (κ2) is 5.42. The van der Waals surface area contributed by atoms with Crippen LogP contribution in [0.25, 0.3) is 10.1 Å². The Bertz CT molecular complexity index is 810. The molecule has 0 spiro atoms. The first-order valence-corrected chi connectivity index (χ1v) is 8.00. The van der Waals surface area contributed by atoms with Gasteiger partial charge < -0.3 is 10.1 Å². The summed E-state index contributed by atoms with van der Waals surface area (Å²) in [6.45, 7) is 0.593. The number of nitrogens with one attached hydrogen (secondary N) is 1. The Labute approximate surface area is 131 Å². The number of carbonyl (C=O) groups is 1. The highest BCUT2D eigenvalue weighted by Gasteiger charge is 2.25. The summed E-state index contributed by atoms with van der Waals surface area (Å²) >= 11 is 1.51. The van der Waals surface area contributed by atoms with Crippen LogP contribution in [0.2, 0.25) is 0 Å². The van der Waals surface area contributed by atoms with Gasteiger partial charge in [-0.15, -0.1) is 11.3 Å². The molecule has 2 aromatic heterocycles. The maximum atomic E-state index is 12.5. The number of rotatable bonds is 2. The summed E-state index contributed by atoms with van der Waals surface area (Å²) in [5, 5.41) is 4.18. The Balaban J connectivity index is 1.60. The largest absolute Gasteiger partial charge is 0.491 e. The van der Waals surface area contributed by atoms with Gasteiger partial charge in [-0.25, -0.2) is 0 Å². The molecule has 3 aromatic rings. The van der Waals surface area contributed by atoms with Gasteiger partial charge in [0.15, 0.2) is 0 Å². The number of nitrogens with zero attached hydrogens (tertiary/aromatic N) is 1. The van der Waals surface area contributed by atoms with E-state index < -0.39 is 0 Å². The van der Waals surface area contributed by atoms with Crippen LogP contribution in [-0.2, 0) is 0 Å². The lowest BCUT2D eigenvalue weighted by molar-refractivity contribution is 0.0927. The molecule has 0 aliphatic carbocycles. The predicted molar refractivity (Wildman–Crippen MR) is 86.4 cm³/mol. The summed E-state index contributed by atoms with van der Waals surface area (Å²) in [5.74, 6) is 0.708. The van der Waals surface area contributed by atoms with Crippen LogP contribution in [0.4, 0.5) is 0 Å². The fourth-order valence-electron chi connectivity index (χ4n) is 2.67. The molecule has 1 aliphatic rings. The van der Waals surface area contributed by atoms with Gasteiger partial charge in [-0.2, -0.15) is 0 Å². The highest BCUT2D eigenvalue weighted by molar-refractivity contribution is 7.20. The lowest BCUT2D eigenvalue weighted by Gasteiger charge is -2.25. The third-order valence-corrected chi connectivity index (χ3v) is 4.86. The summed E-state index contributed by atoms with van der Waals surface area (Å²) < 4.78 is 6.70. The van der Waals surface area contributed by atoms with Gasteiger partial charge in [-0.05, 0) is 29.7 Å². The molecule has 22 heavy (non-hydrogen) atoms. The third-order valence-electron chi connectivity index (χ3n) is 3.75. The summed E-state index contributed by atoms with van der Waals surface area (Å²) in [6.07, 6.45) is 2.47. The first-order valence-electron chi connectivity index (χ1n) is 7.18. The number of hydrogen-bond donors (Lipinski definition) is 1. The van der Waals surface area contributed by atoms with Gasteiger partial charge in [0.05, 0.1) is 17.5 Å². The first kappa shape index (κ1) is 13.3. The molecule has 4 rings (SSSR count). The molecule has 0 saturated heterocycles. The highest BCUT2D eigenvalue weighted by atomic mass is 32.1. The van der Waals surface area contributed by atoms with Crippen LogP contribution in [0.3, 0.4) is 0 Å². The Morgan fingerprint density at radius 3 is 3.09 bits per heavy atom. The number of thiophene rings is 1. The number of carbonyl (C=O) groups excluding carboxylic acids is 1. The summed E-state index contributed by atoms with van der Waals surface area (Å²) in [5.41, 5.74) is 0.809. The topological polar surface area (TPSA) is 51.2 Å². The Morgan fingerprint density at radius 1 is 1.27 bits per heavy atom. The Morgan fingerprint density at radius 2 is 2.18 bits per heavy atom. The van der Waals surface area contributed by atoms with Crippen molar-refractivity contribution in [3.63, 3.8) is 0 Å². The van der Waals surface area contributed by atoms with Crippen molar-refractivity contribution in [3.05, 3.63) is 59.2 Å². The zero-order valence-corrected chi connectivity index (χ0v) is 12.6. The van der Waals surface area contributed by atoms with Gasteiger partial charge in [0, 0.05) is 17.3 Å². The fourth-order valence-corrected chi connectivity index (χ4v) is 3.64. The standard InChI is InChI=1S/C17H14N2O2S/c20-17(15-10-11-4-1-2-6-14(11)22-15)19-12-7-9-21-13-5-3-8-18-16(12)13/h1-6,8,10,12H,7,9H2,(H,19,20). The average molecular weight is 310 g/mol. The normalized spacial score (nSPS) is 16.8. The van der Waals surface area contributed by atoms with E-state index in [0.717, 1.165) is 32.8 Å². The number of hydrogen-bond acceptors (Lipinski definition) is 4. The Hall–Kier alpha value is -2.40. The van der Waals surface area contributed by atoms with E-state index in [1.54, 1.807) is 6.20 Å². The number of pyridine rings is 1. The first-order chi connectivity index (χ1) is 10.8. The molecule has 5 heteroatoms. The van der Waals surface area contributed by atoms with Gasteiger partial charge in [0.2, 0.25) is 0 Å². The maximum absolute atomic E-state index is 12.5. The van der Waals surface area contributed by atoms with E-state index in [9.17, 15) is 4.79 Å². The minimum Gasteiger partial charge on any atom is -0.491 e. The number of aromatic nitrogens is 1. The van der Waals surface area contributed by atoms with Crippen LogP contribution in [0.5, 0.6) is 5.75 Å². The number of benzene rings is 1. The molecule has 1 atom stereocenters. The number of fused-ring (bicyclic) bond motifs is 2. The van der Waals surface area contributed by atoms with Crippen LogP contribution in [0.1, 0.15) is 27.8 Å². The van der Waals surface area contributed by atoms with Crippen molar-refractivity contribution in [3.8, 4) is 5.75 Å². The minimum atomic E-state index is -0.0948. The molecular weight excluding hydrogens is 296 g/mol. The molecular formula is C17H14N2O2S. The van der Waals surface area contributed by atoms with Crippen LogP contribution < -0.4 is 10.1 Å². The summed E-state index contributed by atoms with van der Waals surface area (Å²) in [7, 11) is 0. The SMILES string of the molecule is O=C(NC1CCOc2cccnc21)c1cc2ccccc2s1. The fraction of sp³-hybridized carbons (Fsp3) is 0.176. The van der Waals surface area contributed by atoms with Crippen molar-refractivity contribution in [1.29, 1.82) is 0 Å². The molecule has 1 amide bonds. The van der Waals surface area contributed by atoms with Crippen LogP contribution in [0.15, 0.2) is 48.7 Å². The van der Waals surface area contributed by atoms with E-state index in [1.165, 1.54) is 11.3 Å². The van der Waals surface area contributed by atoms with Gasteiger partial charge in [0.1, 0.15) is 11.4 Å². The molecule has 0 bridgehead atoms. The molecule has 1 unspecified atom stereocenters. The minimum absolute atomic E-state index is 0.0512. The van der Waals surface area contributed by atoms with Crippen LogP contribution in [0, 0.1) is 0 Å². The zero-order valence-electron chi connectivity index (χ0n) is 11.8. The average Bonchev–Trinajstić information content (AvgIpc) is 2.99. The molecule has 1 aliphatic heterocycles. The molecule has 110 valence electrons. The molecule has 3 heterocycles. The molecule has 1 aromatic carbocycles. The van der Waals surface area contributed by atoms with E-state index >= 15 is 0 Å². The van der Waals surface area contributed by atoms with Gasteiger partial charge >= 0.3 is 0 Å². The predicted octanol–water partition coefficient (Wildman–Crippen LogP) is 3.55. The molecule has 4 nitrogen and oxygen atoms in total. The molecule has 0 saturated carbocycles. The second-order valence-electron chi connectivity index (χ2n) is 5.20. The van der Waals surface area contributed by atoms with E-state index in [1.807, 2.05) is 42.5 Å². The monoisotopic (exact) mass is 310 g/mol. The zero-order chi connectivity index (χ0) is 14.9. The van der Waals surface area contributed by atoms with E-state index in [-0.39, 0.29) is 11.9 Å². The van der Waals surface area contributed by atoms with Crippen molar-refractivity contribution in [2.45, 2.75) is 12.5 Å². The van der Waals surface area contributed by atoms with Gasteiger partial charge in [0.25, 0.3) is 5.91 Å².